The van der Waals surface area contributed by atoms with Gasteiger partial charge in [0, 0.05) is 53.2 Å². The zero-order valence-corrected chi connectivity index (χ0v) is 22.4. The smallest absolute Gasteiger partial charge is 0.298 e. The molecular formula is C32H32N4O2. The first-order valence-electron chi connectivity index (χ1n) is 12.8. The zero-order chi connectivity index (χ0) is 27.0. The van der Waals surface area contributed by atoms with Crippen LogP contribution < -0.4 is 5.32 Å². The molecule has 0 fully saturated rings. The predicted molar refractivity (Wildman–Crippen MR) is 152 cm³/mol. The molecule has 1 N–H and O–H groups in total. The van der Waals surface area contributed by atoms with Gasteiger partial charge in [-0.2, -0.15) is 0 Å². The van der Waals surface area contributed by atoms with Crippen LogP contribution in [0.5, 0.6) is 0 Å². The van der Waals surface area contributed by atoms with E-state index in [9.17, 15) is 9.59 Å². The first-order chi connectivity index (χ1) is 18.2. The molecule has 0 saturated heterocycles. The lowest BCUT2D eigenvalue weighted by molar-refractivity contribution is -0.112. The lowest BCUT2D eigenvalue weighted by Crippen LogP contribution is -2.26. The van der Waals surface area contributed by atoms with Gasteiger partial charge >= 0.3 is 0 Å². The van der Waals surface area contributed by atoms with Gasteiger partial charge in [0.1, 0.15) is 11.5 Å². The van der Waals surface area contributed by atoms with E-state index in [-0.39, 0.29) is 5.41 Å². The summed E-state index contributed by atoms with van der Waals surface area (Å²) in [5.74, 6) is 0.0698. The molecule has 5 aromatic rings. The average Bonchev–Trinajstić information content (AvgIpc) is 3.50. The molecule has 38 heavy (non-hydrogen) atoms. The maximum absolute atomic E-state index is 13.6. The Morgan fingerprint density at radius 2 is 1.66 bits per heavy atom. The molecule has 0 saturated carbocycles. The molecule has 1 amide bonds. The van der Waals surface area contributed by atoms with Gasteiger partial charge in [0.2, 0.25) is 0 Å². The lowest BCUT2D eigenvalue weighted by Gasteiger charge is -2.27. The summed E-state index contributed by atoms with van der Waals surface area (Å²) in [6.07, 6.45) is 3.73. The van der Waals surface area contributed by atoms with Gasteiger partial charge in [-0.05, 0) is 41.5 Å². The molecular weight excluding hydrogens is 472 g/mol. The molecule has 3 heterocycles. The summed E-state index contributed by atoms with van der Waals surface area (Å²) >= 11 is 0. The normalized spacial score (nSPS) is 11.7. The van der Waals surface area contributed by atoms with Crippen molar-refractivity contribution in [3.8, 4) is 11.1 Å². The van der Waals surface area contributed by atoms with Crippen LogP contribution in [-0.2, 0) is 17.3 Å². The summed E-state index contributed by atoms with van der Waals surface area (Å²) in [6, 6.07) is 25.0. The number of hydrogen-bond acceptors (Lipinski definition) is 3. The van der Waals surface area contributed by atoms with Gasteiger partial charge in [0.15, 0.2) is 0 Å². The van der Waals surface area contributed by atoms with E-state index in [0.717, 1.165) is 33.7 Å². The van der Waals surface area contributed by atoms with Crippen molar-refractivity contribution in [3.05, 3.63) is 114 Å². The molecule has 0 radical (unpaired) electrons. The number of fused-ring (bicyclic) bond motifs is 1. The Bertz CT molecular complexity index is 1640. The highest BCUT2D eigenvalue weighted by molar-refractivity contribution is 6.47. The van der Waals surface area contributed by atoms with Crippen molar-refractivity contribution >= 4 is 22.9 Å². The number of anilines is 1. The molecule has 5 rings (SSSR count). The number of aromatic nitrogens is 3. The number of Topliss-reactive ketones (excluding diaryl/α,β-unsaturated/α-hetero) is 1. The number of carbonyl (C=O) groups excluding carboxylic acids is 2. The van der Waals surface area contributed by atoms with Gasteiger partial charge in [0.05, 0.1) is 0 Å². The van der Waals surface area contributed by atoms with Crippen LogP contribution in [0.1, 0.15) is 61.2 Å². The Morgan fingerprint density at radius 3 is 2.37 bits per heavy atom. The van der Waals surface area contributed by atoms with Gasteiger partial charge in [-0.25, -0.2) is 4.98 Å². The zero-order valence-electron chi connectivity index (χ0n) is 22.4. The van der Waals surface area contributed by atoms with Gasteiger partial charge in [-0.1, -0.05) is 76.2 Å². The Labute approximate surface area is 223 Å². The summed E-state index contributed by atoms with van der Waals surface area (Å²) < 4.78 is 3.92. The Kier molecular flexibility index (Phi) is 6.49. The molecule has 0 aliphatic rings. The summed E-state index contributed by atoms with van der Waals surface area (Å²) in [4.78, 5) is 31.5. The Morgan fingerprint density at radius 1 is 0.921 bits per heavy atom. The van der Waals surface area contributed by atoms with Crippen LogP contribution in [0.3, 0.4) is 0 Å². The number of benzene rings is 2. The van der Waals surface area contributed by atoms with Gasteiger partial charge < -0.3 is 14.3 Å². The molecule has 0 unspecified atom stereocenters. The minimum absolute atomic E-state index is 0.312. The van der Waals surface area contributed by atoms with E-state index in [2.05, 4.69) is 42.6 Å². The SMILES string of the molecule is CC(C)c1ncc(C(C)(C)c2cccc(NC(=O)C(=O)c3c(-c4ccccc4)cc4ccccn34)c2)n1C. The van der Waals surface area contributed by atoms with E-state index in [0.29, 0.717) is 17.3 Å². The maximum Gasteiger partial charge on any atom is 0.298 e. The predicted octanol–water partition coefficient (Wildman–Crippen LogP) is 6.61. The van der Waals surface area contributed by atoms with Crippen LogP contribution in [0.4, 0.5) is 5.69 Å². The molecule has 0 aliphatic heterocycles. The van der Waals surface area contributed by atoms with Crippen molar-refractivity contribution in [1.82, 2.24) is 14.0 Å². The first kappa shape index (κ1) is 25.2. The summed E-state index contributed by atoms with van der Waals surface area (Å²) in [5.41, 5.74) is 5.10. The van der Waals surface area contributed by atoms with Crippen molar-refractivity contribution in [1.29, 1.82) is 0 Å². The van der Waals surface area contributed by atoms with E-state index in [1.807, 2.05) is 98.3 Å². The standard InChI is InChI=1S/C32H32N4O2/c1-21(2)30-33-20-27(35(30)5)32(3,4)23-14-11-15-24(18-23)34-31(38)29(37)28-26(22-12-7-6-8-13-22)19-25-16-9-10-17-36(25)28/h6-21H,1-5H3,(H,34,38). The van der Waals surface area contributed by atoms with Gasteiger partial charge in [0.25, 0.3) is 11.7 Å². The van der Waals surface area contributed by atoms with Crippen LogP contribution in [0, 0.1) is 0 Å². The van der Waals surface area contributed by atoms with E-state index in [1.54, 1.807) is 4.40 Å². The molecule has 0 atom stereocenters. The minimum atomic E-state index is -0.677. The number of nitrogens with zero attached hydrogens (tertiary/aromatic N) is 3. The number of pyridine rings is 1. The molecule has 0 spiro atoms. The summed E-state index contributed by atoms with van der Waals surface area (Å²) in [7, 11) is 2.04. The number of carbonyl (C=O) groups is 2. The highest BCUT2D eigenvalue weighted by Crippen LogP contribution is 2.34. The highest BCUT2D eigenvalue weighted by atomic mass is 16.2. The second-order valence-corrected chi connectivity index (χ2v) is 10.5. The monoisotopic (exact) mass is 504 g/mol. The molecule has 3 aromatic heterocycles. The molecule has 2 aromatic carbocycles. The van der Waals surface area contributed by atoms with Gasteiger partial charge in [-0.15, -0.1) is 0 Å². The molecule has 6 nitrogen and oxygen atoms in total. The van der Waals surface area contributed by atoms with Gasteiger partial charge in [-0.3, -0.25) is 9.59 Å². The highest BCUT2D eigenvalue weighted by Gasteiger charge is 2.29. The van der Waals surface area contributed by atoms with Crippen molar-refractivity contribution in [3.63, 3.8) is 0 Å². The number of imidazole rings is 1. The first-order valence-corrected chi connectivity index (χ1v) is 12.8. The third kappa shape index (κ3) is 4.43. The summed E-state index contributed by atoms with van der Waals surface area (Å²) in [6.45, 7) is 8.53. The largest absolute Gasteiger partial charge is 0.334 e. The van der Waals surface area contributed by atoms with E-state index in [4.69, 9.17) is 0 Å². The number of ketones is 1. The number of nitrogens with one attached hydrogen (secondary N) is 1. The third-order valence-corrected chi connectivity index (χ3v) is 7.21. The third-order valence-electron chi connectivity index (χ3n) is 7.21. The van der Waals surface area contributed by atoms with Crippen LogP contribution in [0.15, 0.2) is 91.3 Å². The average molecular weight is 505 g/mol. The second kappa shape index (κ2) is 9.78. The van der Waals surface area contributed by atoms with Crippen LogP contribution in [0.2, 0.25) is 0 Å². The van der Waals surface area contributed by atoms with Crippen molar-refractivity contribution in [2.24, 2.45) is 7.05 Å². The van der Waals surface area contributed by atoms with E-state index < -0.39 is 11.7 Å². The molecule has 0 aliphatic carbocycles. The van der Waals surface area contributed by atoms with Crippen molar-refractivity contribution < 1.29 is 9.59 Å². The second-order valence-electron chi connectivity index (χ2n) is 10.5. The van der Waals surface area contributed by atoms with Crippen LogP contribution in [0.25, 0.3) is 16.6 Å². The molecule has 6 heteroatoms. The number of amides is 1. The number of rotatable bonds is 7. The van der Waals surface area contributed by atoms with Crippen molar-refractivity contribution in [2.75, 3.05) is 5.32 Å². The van der Waals surface area contributed by atoms with E-state index in [1.165, 1.54) is 0 Å². The maximum atomic E-state index is 13.6. The summed E-state index contributed by atoms with van der Waals surface area (Å²) in [5, 5.41) is 2.85. The van der Waals surface area contributed by atoms with Crippen LogP contribution in [-0.4, -0.2) is 25.6 Å². The molecule has 192 valence electrons. The topological polar surface area (TPSA) is 68.4 Å². The quantitative estimate of drug-likeness (QED) is 0.200. The van der Waals surface area contributed by atoms with Crippen molar-refractivity contribution in [2.45, 2.75) is 39.0 Å². The Balaban J connectivity index is 1.46. The lowest BCUT2D eigenvalue weighted by atomic mass is 9.81. The fourth-order valence-electron chi connectivity index (χ4n) is 5.16. The molecule has 0 bridgehead atoms. The van der Waals surface area contributed by atoms with Crippen LogP contribution >= 0.6 is 0 Å². The number of hydrogen-bond donors (Lipinski definition) is 1. The van der Waals surface area contributed by atoms with E-state index >= 15 is 0 Å². The fraction of sp³-hybridized carbons (Fsp3) is 0.219. The Hall–Kier alpha value is -4.45. The fourth-order valence-corrected chi connectivity index (χ4v) is 5.16. The minimum Gasteiger partial charge on any atom is -0.334 e.